The molecule has 0 spiro atoms. The van der Waals surface area contributed by atoms with Gasteiger partial charge >= 0.3 is 0 Å². The number of thiocarbonyl (C=S) groups is 1. The second-order valence-electron chi connectivity index (χ2n) is 3.75. The van der Waals surface area contributed by atoms with Crippen LogP contribution < -0.4 is 10.7 Å². The fraction of sp³-hybridized carbons (Fsp3) is 0.417. The van der Waals surface area contributed by atoms with E-state index in [2.05, 4.69) is 27.8 Å². The topological polar surface area (TPSA) is 49.3 Å². The molecule has 5 heteroatoms. The van der Waals surface area contributed by atoms with Crippen molar-refractivity contribution in [3.63, 3.8) is 0 Å². The first kappa shape index (κ1) is 13.6. The van der Waals surface area contributed by atoms with E-state index in [0.29, 0.717) is 5.11 Å². The fourth-order valence-corrected chi connectivity index (χ4v) is 1.31. The minimum absolute atomic E-state index is 0.547. The van der Waals surface area contributed by atoms with Crippen LogP contribution in [0.2, 0.25) is 0 Å². The van der Waals surface area contributed by atoms with E-state index in [-0.39, 0.29) is 0 Å². The lowest BCUT2D eigenvalue weighted by atomic mass is 10.2. The molecule has 0 fully saturated rings. The van der Waals surface area contributed by atoms with Crippen LogP contribution in [0, 0.1) is 6.92 Å². The van der Waals surface area contributed by atoms with Crippen LogP contribution in [0.15, 0.2) is 23.4 Å². The van der Waals surface area contributed by atoms with Crippen LogP contribution in [0.5, 0.6) is 0 Å². The highest BCUT2D eigenvalue weighted by atomic mass is 32.1. The van der Waals surface area contributed by atoms with Crippen molar-refractivity contribution in [1.29, 1.82) is 0 Å². The molecule has 1 aromatic heterocycles. The third kappa shape index (κ3) is 4.91. The van der Waals surface area contributed by atoms with Gasteiger partial charge in [0, 0.05) is 24.0 Å². The van der Waals surface area contributed by atoms with Crippen molar-refractivity contribution in [3.05, 3.63) is 29.6 Å². The zero-order valence-electron chi connectivity index (χ0n) is 10.4. The SMILES string of the molecule is CCCNC(=S)N/N=C(\C)c1ccc(C)nc1. The molecule has 92 valence electrons. The van der Waals surface area contributed by atoms with Gasteiger partial charge in [0.1, 0.15) is 0 Å². The standard InChI is InChI=1S/C12H18N4S/c1-4-7-13-12(17)16-15-10(3)11-6-5-9(2)14-8-11/h5-6,8H,4,7H2,1-3H3,(H2,13,16,17)/b15-10+. The molecule has 0 aliphatic carbocycles. The van der Waals surface area contributed by atoms with Crippen LogP contribution >= 0.6 is 12.2 Å². The van der Waals surface area contributed by atoms with Crippen LogP contribution in [0.1, 0.15) is 31.5 Å². The molecular weight excluding hydrogens is 232 g/mol. The number of hydrogen-bond acceptors (Lipinski definition) is 3. The number of nitrogens with one attached hydrogen (secondary N) is 2. The Balaban J connectivity index is 2.54. The van der Waals surface area contributed by atoms with Gasteiger partial charge in [0.2, 0.25) is 0 Å². The number of rotatable bonds is 4. The Labute approximate surface area is 108 Å². The summed E-state index contributed by atoms with van der Waals surface area (Å²) in [5.74, 6) is 0. The van der Waals surface area contributed by atoms with E-state index >= 15 is 0 Å². The molecule has 2 N–H and O–H groups in total. The molecule has 1 aromatic rings. The lowest BCUT2D eigenvalue weighted by Crippen LogP contribution is -2.33. The first-order valence-electron chi connectivity index (χ1n) is 5.64. The summed E-state index contributed by atoms with van der Waals surface area (Å²) in [6.07, 6.45) is 2.84. The number of hydrazone groups is 1. The van der Waals surface area contributed by atoms with Crippen molar-refractivity contribution < 1.29 is 0 Å². The lowest BCUT2D eigenvalue weighted by Gasteiger charge is -2.06. The van der Waals surface area contributed by atoms with Crippen molar-refractivity contribution in [2.45, 2.75) is 27.2 Å². The summed E-state index contributed by atoms with van der Waals surface area (Å²) >= 11 is 5.06. The van der Waals surface area contributed by atoms with Crippen LogP contribution in [0.25, 0.3) is 0 Å². The zero-order valence-corrected chi connectivity index (χ0v) is 11.3. The number of pyridine rings is 1. The predicted molar refractivity (Wildman–Crippen MR) is 75.2 cm³/mol. The van der Waals surface area contributed by atoms with Gasteiger partial charge in [-0.3, -0.25) is 10.4 Å². The van der Waals surface area contributed by atoms with Crippen molar-refractivity contribution in [2.75, 3.05) is 6.54 Å². The first-order valence-corrected chi connectivity index (χ1v) is 6.05. The van der Waals surface area contributed by atoms with Gasteiger partial charge in [-0.05, 0) is 44.6 Å². The van der Waals surface area contributed by atoms with E-state index in [1.165, 1.54) is 0 Å². The molecule has 1 rings (SSSR count). The minimum Gasteiger partial charge on any atom is -0.361 e. The Hall–Kier alpha value is -1.49. The molecule has 0 bridgehead atoms. The highest BCUT2D eigenvalue weighted by Crippen LogP contribution is 2.00. The van der Waals surface area contributed by atoms with E-state index in [1.54, 1.807) is 6.20 Å². The minimum atomic E-state index is 0.547. The van der Waals surface area contributed by atoms with Gasteiger partial charge < -0.3 is 5.32 Å². The molecule has 0 aliphatic rings. The fourth-order valence-electron chi connectivity index (χ4n) is 1.16. The molecule has 4 nitrogen and oxygen atoms in total. The third-order valence-electron chi connectivity index (χ3n) is 2.19. The van der Waals surface area contributed by atoms with Crippen molar-refractivity contribution >= 4 is 23.0 Å². The zero-order chi connectivity index (χ0) is 12.7. The number of aryl methyl sites for hydroxylation is 1. The van der Waals surface area contributed by atoms with Crippen molar-refractivity contribution in [2.24, 2.45) is 5.10 Å². The Kier molecular flexibility index (Phi) is 5.56. The second-order valence-corrected chi connectivity index (χ2v) is 4.16. The summed E-state index contributed by atoms with van der Waals surface area (Å²) in [7, 11) is 0. The molecule has 0 aromatic carbocycles. The first-order chi connectivity index (χ1) is 8.13. The Morgan fingerprint density at radius 1 is 1.47 bits per heavy atom. The molecule has 0 unspecified atom stereocenters. The van der Waals surface area contributed by atoms with E-state index in [1.807, 2.05) is 26.0 Å². The molecule has 0 amide bonds. The van der Waals surface area contributed by atoms with Crippen molar-refractivity contribution in [1.82, 2.24) is 15.7 Å². The smallest absolute Gasteiger partial charge is 0.186 e. The highest BCUT2D eigenvalue weighted by molar-refractivity contribution is 7.80. The molecule has 0 saturated carbocycles. The van der Waals surface area contributed by atoms with Gasteiger partial charge in [0.15, 0.2) is 5.11 Å². The second kappa shape index (κ2) is 6.96. The summed E-state index contributed by atoms with van der Waals surface area (Å²) in [4.78, 5) is 4.22. The van der Waals surface area contributed by atoms with Gasteiger partial charge in [-0.2, -0.15) is 5.10 Å². The molecule has 1 heterocycles. The van der Waals surface area contributed by atoms with Gasteiger partial charge in [-0.25, -0.2) is 0 Å². The molecule has 0 saturated heterocycles. The van der Waals surface area contributed by atoms with Crippen LogP contribution in [-0.2, 0) is 0 Å². The van der Waals surface area contributed by atoms with Gasteiger partial charge in [-0.1, -0.05) is 6.92 Å². The quantitative estimate of drug-likeness (QED) is 0.487. The Morgan fingerprint density at radius 3 is 2.82 bits per heavy atom. The normalized spacial score (nSPS) is 11.1. The molecule has 17 heavy (non-hydrogen) atoms. The average molecular weight is 250 g/mol. The monoisotopic (exact) mass is 250 g/mol. The highest BCUT2D eigenvalue weighted by Gasteiger charge is 1.98. The van der Waals surface area contributed by atoms with E-state index in [4.69, 9.17) is 12.2 Å². The van der Waals surface area contributed by atoms with Gasteiger partial charge in [-0.15, -0.1) is 0 Å². The molecule has 0 atom stereocenters. The Bertz CT molecular complexity index is 397. The van der Waals surface area contributed by atoms with E-state index in [9.17, 15) is 0 Å². The largest absolute Gasteiger partial charge is 0.361 e. The summed E-state index contributed by atoms with van der Waals surface area (Å²) in [5, 5.41) is 7.79. The van der Waals surface area contributed by atoms with Crippen LogP contribution in [0.3, 0.4) is 0 Å². The van der Waals surface area contributed by atoms with Crippen molar-refractivity contribution in [3.8, 4) is 0 Å². The number of nitrogens with zero attached hydrogens (tertiary/aromatic N) is 2. The van der Waals surface area contributed by atoms with Gasteiger partial charge in [0.05, 0.1) is 5.71 Å². The number of hydrogen-bond donors (Lipinski definition) is 2. The average Bonchev–Trinajstić information content (AvgIpc) is 2.34. The maximum atomic E-state index is 5.06. The summed E-state index contributed by atoms with van der Waals surface area (Å²) < 4.78 is 0. The maximum Gasteiger partial charge on any atom is 0.186 e. The summed E-state index contributed by atoms with van der Waals surface area (Å²) in [6, 6.07) is 3.95. The van der Waals surface area contributed by atoms with E-state index in [0.717, 1.165) is 29.9 Å². The third-order valence-corrected chi connectivity index (χ3v) is 2.43. The lowest BCUT2D eigenvalue weighted by molar-refractivity contribution is 0.816. The predicted octanol–water partition coefficient (Wildman–Crippen LogP) is 1.99. The Morgan fingerprint density at radius 2 is 2.24 bits per heavy atom. The van der Waals surface area contributed by atoms with Gasteiger partial charge in [0.25, 0.3) is 0 Å². The molecular formula is C12H18N4S. The van der Waals surface area contributed by atoms with E-state index < -0.39 is 0 Å². The summed E-state index contributed by atoms with van der Waals surface area (Å²) in [6.45, 7) is 6.81. The summed E-state index contributed by atoms with van der Waals surface area (Å²) in [5.41, 5.74) is 5.65. The van der Waals surface area contributed by atoms with Crippen LogP contribution in [0.4, 0.5) is 0 Å². The maximum absolute atomic E-state index is 5.06. The number of aromatic nitrogens is 1. The molecule has 0 aliphatic heterocycles. The van der Waals surface area contributed by atoms with Crippen LogP contribution in [-0.4, -0.2) is 22.4 Å². The molecule has 0 radical (unpaired) electrons.